The molecule has 1 fully saturated rings. The van der Waals surface area contributed by atoms with Gasteiger partial charge in [0.2, 0.25) is 0 Å². The summed E-state index contributed by atoms with van der Waals surface area (Å²) in [7, 11) is 0. The van der Waals surface area contributed by atoms with Gasteiger partial charge in [0.1, 0.15) is 0 Å². The Morgan fingerprint density at radius 1 is 1.21 bits per heavy atom. The molecule has 24 heavy (non-hydrogen) atoms. The van der Waals surface area contributed by atoms with Crippen LogP contribution in [0.1, 0.15) is 41.7 Å². The third-order valence-electron chi connectivity index (χ3n) is 4.93. The third-order valence-corrected chi connectivity index (χ3v) is 4.93. The number of fused-ring (bicyclic) bond motifs is 1. The maximum Gasteiger partial charge on any atom is 0.315 e. The second-order valence-corrected chi connectivity index (χ2v) is 6.67. The van der Waals surface area contributed by atoms with Crippen LogP contribution in [0.2, 0.25) is 0 Å². The van der Waals surface area contributed by atoms with Gasteiger partial charge in [0.25, 0.3) is 0 Å². The summed E-state index contributed by atoms with van der Waals surface area (Å²) in [5, 5.41) is 16.4. The van der Waals surface area contributed by atoms with Crippen molar-refractivity contribution < 1.29 is 9.90 Å². The maximum atomic E-state index is 12.5. The van der Waals surface area contributed by atoms with Crippen molar-refractivity contribution >= 4 is 6.03 Å². The summed E-state index contributed by atoms with van der Waals surface area (Å²) in [6, 6.07) is 11.2. The molecule has 1 unspecified atom stereocenters. The fourth-order valence-electron chi connectivity index (χ4n) is 3.52. The van der Waals surface area contributed by atoms with Gasteiger partial charge in [0.05, 0.1) is 18.2 Å². The lowest BCUT2D eigenvalue weighted by atomic mass is 10.0. The molecule has 2 aliphatic rings. The molecule has 1 aromatic carbocycles. The number of nitrogens with one attached hydrogen (secondary N) is 2. The van der Waals surface area contributed by atoms with Gasteiger partial charge in [-0.1, -0.05) is 30.3 Å². The molecule has 3 atom stereocenters. The molecule has 1 aromatic heterocycles. The maximum absolute atomic E-state index is 12.5. The Morgan fingerprint density at radius 2 is 2.04 bits per heavy atom. The standard InChI is InChI=1S/C19H21N3O2/c23-18-15-6-2-1-4-13(15)10-16(18)21-19(24)22-17(12-7-8-12)14-5-3-9-20-11-14/h1-6,9,11-12,16-18,23H,7-8,10H2,(H2,21,22,24)/t16-,17?,18-/m0/s1. The minimum Gasteiger partial charge on any atom is -0.386 e. The zero-order chi connectivity index (χ0) is 16.5. The van der Waals surface area contributed by atoms with Gasteiger partial charge in [-0.05, 0) is 47.9 Å². The van der Waals surface area contributed by atoms with Crippen molar-refractivity contribution in [1.82, 2.24) is 15.6 Å². The lowest BCUT2D eigenvalue weighted by Crippen LogP contribution is -2.45. The topological polar surface area (TPSA) is 74.2 Å². The van der Waals surface area contributed by atoms with Crippen LogP contribution in [0.3, 0.4) is 0 Å². The Morgan fingerprint density at radius 3 is 2.75 bits per heavy atom. The van der Waals surface area contributed by atoms with Gasteiger partial charge in [0, 0.05) is 12.4 Å². The normalized spacial score (nSPS) is 23.4. The quantitative estimate of drug-likeness (QED) is 0.809. The number of aliphatic hydroxyl groups is 1. The molecule has 2 aliphatic carbocycles. The van der Waals surface area contributed by atoms with E-state index < -0.39 is 6.10 Å². The number of urea groups is 1. The largest absolute Gasteiger partial charge is 0.386 e. The van der Waals surface area contributed by atoms with Gasteiger partial charge in [-0.15, -0.1) is 0 Å². The SMILES string of the molecule is O=C(NC(c1cccnc1)C1CC1)N[C@H]1Cc2ccccc2[C@@H]1O. The van der Waals surface area contributed by atoms with Crippen molar-refractivity contribution in [3.05, 3.63) is 65.5 Å². The predicted molar refractivity (Wildman–Crippen MR) is 90.3 cm³/mol. The molecule has 0 aliphatic heterocycles. The molecular weight excluding hydrogens is 302 g/mol. The highest BCUT2D eigenvalue weighted by molar-refractivity contribution is 5.75. The average molecular weight is 323 g/mol. The van der Waals surface area contributed by atoms with E-state index in [1.165, 1.54) is 0 Å². The van der Waals surface area contributed by atoms with E-state index in [0.29, 0.717) is 12.3 Å². The molecule has 4 rings (SSSR count). The van der Waals surface area contributed by atoms with E-state index >= 15 is 0 Å². The van der Waals surface area contributed by atoms with Gasteiger partial charge in [0.15, 0.2) is 0 Å². The molecule has 0 saturated heterocycles. The first kappa shape index (κ1) is 15.1. The van der Waals surface area contributed by atoms with Gasteiger partial charge in [-0.3, -0.25) is 4.98 Å². The number of carbonyl (C=O) groups is 1. The second-order valence-electron chi connectivity index (χ2n) is 6.67. The number of nitrogens with zero attached hydrogens (tertiary/aromatic N) is 1. The lowest BCUT2D eigenvalue weighted by molar-refractivity contribution is 0.142. The number of hydrogen-bond acceptors (Lipinski definition) is 3. The van der Waals surface area contributed by atoms with E-state index in [-0.39, 0.29) is 18.1 Å². The van der Waals surface area contributed by atoms with Crippen molar-refractivity contribution in [3.63, 3.8) is 0 Å². The molecule has 0 spiro atoms. The molecule has 3 N–H and O–H groups in total. The molecule has 0 radical (unpaired) electrons. The highest BCUT2D eigenvalue weighted by Gasteiger charge is 2.35. The van der Waals surface area contributed by atoms with Crippen molar-refractivity contribution in [1.29, 1.82) is 0 Å². The smallest absolute Gasteiger partial charge is 0.315 e. The molecule has 2 amide bonds. The van der Waals surface area contributed by atoms with Gasteiger partial charge in [-0.25, -0.2) is 4.79 Å². The molecule has 124 valence electrons. The van der Waals surface area contributed by atoms with Crippen molar-refractivity contribution in [2.24, 2.45) is 5.92 Å². The summed E-state index contributed by atoms with van der Waals surface area (Å²) < 4.78 is 0. The summed E-state index contributed by atoms with van der Waals surface area (Å²) in [5.74, 6) is 0.477. The van der Waals surface area contributed by atoms with Crippen LogP contribution in [-0.2, 0) is 6.42 Å². The Labute approximate surface area is 141 Å². The van der Waals surface area contributed by atoms with Gasteiger partial charge >= 0.3 is 6.03 Å². The summed E-state index contributed by atoms with van der Waals surface area (Å²) in [5.41, 5.74) is 3.04. The fourth-order valence-corrected chi connectivity index (χ4v) is 3.52. The first-order chi connectivity index (χ1) is 11.7. The number of hydrogen-bond donors (Lipinski definition) is 3. The van der Waals surface area contributed by atoms with Crippen LogP contribution in [0.5, 0.6) is 0 Å². The van der Waals surface area contributed by atoms with E-state index in [2.05, 4.69) is 15.6 Å². The molecule has 1 heterocycles. The molecule has 1 saturated carbocycles. The zero-order valence-electron chi connectivity index (χ0n) is 13.4. The highest BCUT2D eigenvalue weighted by Crippen LogP contribution is 2.40. The zero-order valence-corrected chi connectivity index (χ0v) is 13.4. The van der Waals surface area contributed by atoms with Crippen LogP contribution in [0.25, 0.3) is 0 Å². The lowest BCUT2D eigenvalue weighted by Gasteiger charge is -2.22. The molecule has 0 bridgehead atoms. The Hall–Kier alpha value is -2.40. The number of rotatable bonds is 4. The number of aromatic nitrogens is 1. The monoisotopic (exact) mass is 323 g/mol. The number of pyridine rings is 1. The first-order valence-electron chi connectivity index (χ1n) is 8.45. The van der Waals surface area contributed by atoms with Crippen LogP contribution < -0.4 is 10.6 Å². The third kappa shape index (κ3) is 2.99. The summed E-state index contributed by atoms with van der Waals surface area (Å²) in [6.07, 6.45) is 5.80. The molecule has 2 aromatic rings. The van der Waals surface area contributed by atoms with Crippen LogP contribution in [0, 0.1) is 5.92 Å². The van der Waals surface area contributed by atoms with Crippen molar-refractivity contribution in [3.8, 4) is 0 Å². The predicted octanol–water partition coefficient (Wildman–Crippen LogP) is 2.49. The van der Waals surface area contributed by atoms with E-state index in [4.69, 9.17) is 0 Å². The van der Waals surface area contributed by atoms with Gasteiger partial charge < -0.3 is 15.7 Å². The van der Waals surface area contributed by atoms with Crippen LogP contribution in [0.4, 0.5) is 4.79 Å². The fraction of sp³-hybridized carbons (Fsp3) is 0.368. The molecule has 5 nitrogen and oxygen atoms in total. The first-order valence-corrected chi connectivity index (χ1v) is 8.45. The number of aliphatic hydroxyl groups excluding tert-OH is 1. The van der Waals surface area contributed by atoms with Crippen LogP contribution in [0.15, 0.2) is 48.8 Å². The highest BCUT2D eigenvalue weighted by atomic mass is 16.3. The average Bonchev–Trinajstić information content (AvgIpc) is 3.40. The van der Waals surface area contributed by atoms with Crippen molar-refractivity contribution in [2.75, 3.05) is 0 Å². The van der Waals surface area contributed by atoms with Crippen molar-refractivity contribution in [2.45, 2.75) is 37.5 Å². The Bertz CT molecular complexity index is 730. The summed E-state index contributed by atoms with van der Waals surface area (Å²) >= 11 is 0. The summed E-state index contributed by atoms with van der Waals surface area (Å²) in [6.45, 7) is 0. The van der Waals surface area contributed by atoms with E-state index in [0.717, 1.165) is 29.5 Å². The number of amides is 2. The summed E-state index contributed by atoms with van der Waals surface area (Å²) in [4.78, 5) is 16.6. The second kappa shape index (κ2) is 6.24. The Balaban J connectivity index is 1.42. The minimum absolute atomic E-state index is 0.0142. The van der Waals surface area contributed by atoms with E-state index in [1.54, 1.807) is 6.20 Å². The van der Waals surface area contributed by atoms with Crippen LogP contribution >= 0.6 is 0 Å². The number of carbonyl (C=O) groups excluding carboxylic acids is 1. The Kier molecular flexibility index (Phi) is 3.94. The van der Waals surface area contributed by atoms with E-state index in [9.17, 15) is 9.90 Å². The van der Waals surface area contributed by atoms with Gasteiger partial charge in [-0.2, -0.15) is 0 Å². The molecule has 5 heteroatoms. The molecular formula is C19H21N3O2. The van der Waals surface area contributed by atoms with Crippen LogP contribution in [-0.4, -0.2) is 22.2 Å². The van der Waals surface area contributed by atoms with E-state index in [1.807, 2.05) is 42.6 Å². The number of benzene rings is 1. The minimum atomic E-state index is -0.648.